The maximum Gasteiger partial charge on any atom is 0.253 e. The summed E-state index contributed by atoms with van der Waals surface area (Å²) in [5, 5.41) is 5.34. The van der Waals surface area contributed by atoms with Gasteiger partial charge in [-0.3, -0.25) is 9.59 Å². The molecule has 32 heavy (non-hydrogen) atoms. The number of anilines is 1. The van der Waals surface area contributed by atoms with Gasteiger partial charge in [0.25, 0.3) is 5.91 Å². The summed E-state index contributed by atoms with van der Waals surface area (Å²) < 4.78 is 31.7. The predicted octanol–water partition coefficient (Wildman–Crippen LogP) is 3.19. The minimum atomic E-state index is -3.84. The summed E-state index contributed by atoms with van der Waals surface area (Å²) in [6.07, 6.45) is 3.41. The van der Waals surface area contributed by atoms with Crippen molar-refractivity contribution in [3.05, 3.63) is 78.3 Å². The molecule has 0 aliphatic carbocycles. The number of carbonyl (C=O) groups excluding carboxylic acids is 2. The van der Waals surface area contributed by atoms with E-state index < -0.39 is 28.4 Å². The van der Waals surface area contributed by atoms with Gasteiger partial charge in [0.2, 0.25) is 15.9 Å². The van der Waals surface area contributed by atoms with E-state index in [4.69, 9.17) is 4.42 Å². The first-order chi connectivity index (χ1) is 15.3. The van der Waals surface area contributed by atoms with Crippen molar-refractivity contribution in [3.63, 3.8) is 0 Å². The van der Waals surface area contributed by atoms with Gasteiger partial charge >= 0.3 is 0 Å². The fourth-order valence-electron chi connectivity index (χ4n) is 2.87. The van der Waals surface area contributed by atoms with E-state index in [1.807, 2.05) is 6.26 Å². The molecule has 0 saturated carbocycles. The number of benzene rings is 2. The third kappa shape index (κ3) is 5.78. The van der Waals surface area contributed by atoms with Crippen molar-refractivity contribution >= 4 is 39.3 Å². The van der Waals surface area contributed by atoms with Crippen LogP contribution in [0.5, 0.6) is 0 Å². The van der Waals surface area contributed by atoms with Gasteiger partial charge in [-0.15, -0.1) is 11.8 Å². The second-order valence-electron chi connectivity index (χ2n) is 6.79. The predicted molar refractivity (Wildman–Crippen MR) is 123 cm³/mol. The summed E-state index contributed by atoms with van der Waals surface area (Å²) in [5.41, 5.74) is 0.537. The van der Waals surface area contributed by atoms with Crippen molar-refractivity contribution in [2.75, 3.05) is 25.2 Å². The average Bonchev–Trinajstić information content (AvgIpc) is 3.31. The standard InChI is InChI=1S/C22H23N3O5S2/c1-25(32(28,29)18-11-9-17(31-2)10-12-18)15-21(26)24-20-8-4-3-7-19(20)22(27)23-14-16-6-5-13-30-16/h3-13H,14-15H2,1-2H3,(H,23,27)(H,24,26). The summed E-state index contributed by atoms with van der Waals surface area (Å²) >= 11 is 1.50. The lowest BCUT2D eigenvalue weighted by atomic mass is 10.1. The third-order valence-corrected chi connectivity index (χ3v) is 7.14. The van der Waals surface area contributed by atoms with Crippen LogP contribution in [0, 0.1) is 0 Å². The number of likely N-dealkylation sites (N-methyl/N-ethyl adjacent to an activating group) is 1. The fraction of sp³-hybridized carbons (Fsp3) is 0.182. The molecule has 0 atom stereocenters. The van der Waals surface area contributed by atoms with Crippen LogP contribution in [0.25, 0.3) is 0 Å². The maximum atomic E-state index is 12.8. The number of furan rings is 1. The zero-order valence-electron chi connectivity index (χ0n) is 17.6. The number of carbonyl (C=O) groups is 2. The van der Waals surface area contributed by atoms with Gasteiger partial charge < -0.3 is 15.1 Å². The molecule has 0 bridgehead atoms. The van der Waals surface area contributed by atoms with Crippen LogP contribution in [0.15, 0.2) is 81.1 Å². The Morgan fingerprint density at radius 1 is 1.03 bits per heavy atom. The number of para-hydroxylation sites is 1. The molecule has 3 aromatic rings. The van der Waals surface area contributed by atoms with Crippen molar-refractivity contribution in [2.45, 2.75) is 16.3 Å². The first-order valence-electron chi connectivity index (χ1n) is 9.61. The van der Waals surface area contributed by atoms with E-state index in [0.29, 0.717) is 5.76 Å². The monoisotopic (exact) mass is 473 g/mol. The van der Waals surface area contributed by atoms with E-state index in [1.54, 1.807) is 48.5 Å². The molecule has 0 aliphatic heterocycles. The number of nitrogens with one attached hydrogen (secondary N) is 2. The van der Waals surface area contributed by atoms with Crippen LogP contribution in [0.3, 0.4) is 0 Å². The molecular weight excluding hydrogens is 450 g/mol. The lowest BCUT2D eigenvalue weighted by Crippen LogP contribution is -2.35. The Bertz CT molecular complexity index is 1180. The van der Waals surface area contributed by atoms with Crippen LogP contribution in [0.1, 0.15) is 16.1 Å². The molecule has 0 unspecified atom stereocenters. The van der Waals surface area contributed by atoms with Crippen molar-refractivity contribution < 1.29 is 22.4 Å². The summed E-state index contributed by atoms with van der Waals surface area (Å²) in [6.45, 7) is -0.209. The molecule has 0 radical (unpaired) electrons. The van der Waals surface area contributed by atoms with Crippen molar-refractivity contribution in [3.8, 4) is 0 Å². The van der Waals surface area contributed by atoms with E-state index in [2.05, 4.69) is 10.6 Å². The highest BCUT2D eigenvalue weighted by molar-refractivity contribution is 7.98. The van der Waals surface area contributed by atoms with Crippen LogP contribution in [-0.4, -0.2) is 44.4 Å². The molecule has 0 aliphatic rings. The van der Waals surface area contributed by atoms with E-state index in [1.165, 1.54) is 37.2 Å². The molecule has 1 heterocycles. The highest BCUT2D eigenvalue weighted by Gasteiger charge is 2.23. The minimum absolute atomic E-state index is 0.100. The minimum Gasteiger partial charge on any atom is -0.467 e. The van der Waals surface area contributed by atoms with E-state index >= 15 is 0 Å². The Morgan fingerprint density at radius 3 is 2.41 bits per heavy atom. The van der Waals surface area contributed by atoms with Gasteiger partial charge in [0, 0.05) is 11.9 Å². The van der Waals surface area contributed by atoms with Crippen LogP contribution < -0.4 is 10.6 Å². The normalized spacial score (nSPS) is 11.3. The lowest BCUT2D eigenvalue weighted by Gasteiger charge is -2.18. The Hall–Kier alpha value is -3.08. The molecule has 2 N–H and O–H groups in total. The zero-order valence-corrected chi connectivity index (χ0v) is 19.2. The van der Waals surface area contributed by atoms with Gasteiger partial charge in [-0.25, -0.2) is 8.42 Å². The summed E-state index contributed by atoms with van der Waals surface area (Å²) in [6, 6.07) is 16.4. The van der Waals surface area contributed by atoms with Gasteiger partial charge in [-0.2, -0.15) is 4.31 Å². The SMILES string of the molecule is CSc1ccc(S(=O)(=O)N(C)CC(=O)Nc2ccccc2C(=O)NCc2ccco2)cc1. The van der Waals surface area contributed by atoms with Crippen LogP contribution in [-0.2, 0) is 21.4 Å². The van der Waals surface area contributed by atoms with Gasteiger partial charge in [-0.05, 0) is 54.8 Å². The van der Waals surface area contributed by atoms with E-state index in [9.17, 15) is 18.0 Å². The summed E-state index contributed by atoms with van der Waals surface area (Å²) in [7, 11) is -2.51. The number of amides is 2. The van der Waals surface area contributed by atoms with Crippen molar-refractivity contribution in [1.29, 1.82) is 0 Å². The smallest absolute Gasteiger partial charge is 0.253 e. The number of hydrogen-bond acceptors (Lipinski definition) is 6. The molecule has 1 aromatic heterocycles. The molecule has 10 heteroatoms. The molecule has 2 amide bonds. The van der Waals surface area contributed by atoms with Crippen molar-refractivity contribution in [1.82, 2.24) is 9.62 Å². The molecule has 168 valence electrons. The maximum absolute atomic E-state index is 12.8. The first-order valence-corrected chi connectivity index (χ1v) is 12.3. The fourth-order valence-corrected chi connectivity index (χ4v) is 4.41. The summed E-state index contributed by atoms with van der Waals surface area (Å²) in [5.74, 6) is -0.368. The van der Waals surface area contributed by atoms with Crippen molar-refractivity contribution in [2.24, 2.45) is 0 Å². The highest BCUT2D eigenvalue weighted by Crippen LogP contribution is 2.20. The Labute approximate surface area is 191 Å². The second kappa shape index (κ2) is 10.5. The largest absolute Gasteiger partial charge is 0.467 e. The van der Waals surface area contributed by atoms with Crippen LogP contribution in [0.4, 0.5) is 5.69 Å². The van der Waals surface area contributed by atoms with Gasteiger partial charge in [0.05, 0.1) is 35.5 Å². The molecule has 2 aromatic carbocycles. The number of nitrogens with zero attached hydrogens (tertiary/aromatic N) is 1. The summed E-state index contributed by atoms with van der Waals surface area (Å²) in [4.78, 5) is 26.1. The molecule has 0 fully saturated rings. The zero-order chi connectivity index (χ0) is 23.1. The molecule has 0 saturated heterocycles. The average molecular weight is 474 g/mol. The van der Waals surface area contributed by atoms with E-state index in [0.717, 1.165) is 9.20 Å². The van der Waals surface area contributed by atoms with Gasteiger partial charge in [0.15, 0.2) is 0 Å². The second-order valence-corrected chi connectivity index (χ2v) is 9.72. The number of rotatable bonds is 9. The lowest BCUT2D eigenvalue weighted by molar-refractivity contribution is -0.116. The first kappa shape index (κ1) is 23.6. The highest BCUT2D eigenvalue weighted by atomic mass is 32.2. The topological polar surface area (TPSA) is 109 Å². The van der Waals surface area contributed by atoms with Crippen LogP contribution in [0.2, 0.25) is 0 Å². The Morgan fingerprint density at radius 2 is 1.75 bits per heavy atom. The molecule has 8 nitrogen and oxygen atoms in total. The van der Waals surface area contributed by atoms with Gasteiger partial charge in [-0.1, -0.05) is 12.1 Å². The number of hydrogen-bond donors (Lipinski definition) is 2. The molecule has 0 spiro atoms. The molecule has 3 rings (SSSR count). The number of sulfonamides is 1. The third-order valence-electron chi connectivity index (χ3n) is 4.58. The van der Waals surface area contributed by atoms with Crippen LogP contribution >= 0.6 is 11.8 Å². The Kier molecular flexibility index (Phi) is 7.73. The molecular formula is C22H23N3O5S2. The Balaban J connectivity index is 1.65. The van der Waals surface area contributed by atoms with E-state index in [-0.39, 0.29) is 22.7 Å². The quantitative estimate of drug-likeness (QED) is 0.462. The van der Waals surface area contributed by atoms with Gasteiger partial charge in [0.1, 0.15) is 5.76 Å². The number of thioether (sulfide) groups is 1.